The molecule has 1 aromatic carbocycles. The Morgan fingerprint density at radius 1 is 0.778 bits per heavy atom. The third kappa shape index (κ3) is 2.56. The molecule has 2 heterocycles. The molecular formula is C20H28N4O3. The predicted octanol–water partition coefficient (Wildman–Crippen LogP) is 3.32. The van der Waals surface area contributed by atoms with E-state index in [0.717, 1.165) is 10.1 Å². The monoisotopic (exact) mass is 372 g/mol. The van der Waals surface area contributed by atoms with Gasteiger partial charge in [-0.05, 0) is 73.6 Å². The van der Waals surface area contributed by atoms with Crippen LogP contribution in [0.3, 0.4) is 0 Å². The molecule has 7 nitrogen and oxygen atoms in total. The summed E-state index contributed by atoms with van der Waals surface area (Å²) in [5.74, 6) is 0.404. The Kier molecular flexibility index (Phi) is 3.97. The lowest BCUT2D eigenvalue weighted by Gasteiger charge is -2.35. The minimum Gasteiger partial charge on any atom is -0.507 e. The first-order valence-corrected chi connectivity index (χ1v) is 9.12. The first kappa shape index (κ1) is 19.6. The van der Waals surface area contributed by atoms with Gasteiger partial charge in [0, 0.05) is 5.56 Å². The lowest BCUT2D eigenvalue weighted by Crippen LogP contribution is -2.51. The van der Waals surface area contributed by atoms with Crippen LogP contribution in [-0.4, -0.2) is 49.1 Å². The Bertz CT molecular complexity index is 853. The molecule has 0 saturated carbocycles. The van der Waals surface area contributed by atoms with Crippen LogP contribution in [0.5, 0.6) is 5.75 Å². The lowest BCUT2D eigenvalue weighted by molar-refractivity contribution is -0.158. The summed E-state index contributed by atoms with van der Waals surface area (Å²) in [4.78, 5) is 9.18. The first-order valence-electron chi connectivity index (χ1n) is 9.12. The van der Waals surface area contributed by atoms with Gasteiger partial charge in [-0.3, -0.25) is 9.98 Å². The van der Waals surface area contributed by atoms with Gasteiger partial charge in [0.2, 0.25) is 0 Å². The molecule has 2 aliphatic rings. The molecule has 7 heteroatoms. The third-order valence-corrected chi connectivity index (χ3v) is 6.66. The Hall–Kier alpha value is -2.12. The van der Waals surface area contributed by atoms with E-state index in [-0.39, 0.29) is 11.6 Å². The number of hydroxylamine groups is 4. The summed E-state index contributed by atoms with van der Waals surface area (Å²) in [6.45, 7) is 14.9. The number of rotatable bonds is 2. The molecule has 0 bridgehead atoms. The van der Waals surface area contributed by atoms with Gasteiger partial charge in [-0.1, -0.05) is 10.4 Å². The number of phenols is 1. The maximum absolute atomic E-state index is 12.9. The van der Waals surface area contributed by atoms with Crippen LogP contribution in [0.15, 0.2) is 28.2 Å². The Labute approximate surface area is 160 Å². The van der Waals surface area contributed by atoms with Crippen LogP contribution in [0.2, 0.25) is 0 Å². The zero-order chi connectivity index (χ0) is 20.6. The Morgan fingerprint density at radius 3 is 1.63 bits per heavy atom. The van der Waals surface area contributed by atoms with Crippen molar-refractivity contribution in [1.29, 1.82) is 0 Å². The van der Waals surface area contributed by atoms with Crippen LogP contribution in [0.1, 0.15) is 66.5 Å². The average Bonchev–Trinajstić information content (AvgIpc) is 2.81. The summed E-state index contributed by atoms with van der Waals surface area (Å²) in [6, 6.07) is 4.74. The topological polar surface area (TPSA) is 91.2 Å². The summed E-state index contributed by atoms with van der Waals surface area (Å²) >= 11 is 0. The third-order valence-electron chi connectivity index (χ3n) is 6.66. The number of benzene rings is 1. The summed E-state index contributed by atoms with van der Waals surface area (Å²) in [6.07, 6.45) is 0. The van der Waals surface area contributed by atoms with Crippen molar-refractivity contribution in [2.75, 3.05) is 0 Å². The highest BCUT2D eigenvalue weighted by Crippen LogP contribution is 2.41. The summed E-state index contributed by atoms with van der Waals surface area (Å²) in [7, 11) is 0. The van der Waals surface area contributed by atoms with Crippen molar-refractivity contribution in [1.82, 2.24) is 10.1 Å². The highest BCUT2D eigenvalue weighted by atomic mass is 16.5. The zero-order valence-corrected chi connectivity index (χ0v) is 17.3. The van der Waals surface area contributed by atoms with Gasteiger partial charge in [-0.15, -0.1) is 0 Å². The maximum Gasteiger partial charge on any atom is 0.163 e. The molecule has 0 unspecified atom stereocenters. The van der Waals surface area contributed by atoms with Crippen LogP contribution in [0.4, 0.5) is 0 Å². The number of hydrogen-bond donors (Lipinski definition) is 1. The molecule has 3 rings (SSSR count). The molecule has 2 radical (unpaired) electrons. The van der Waals surface area contributed by atoms with Crippen LogP contribution in [0.25, 0.3) is 0 Å². The fraction of sp³-hybridized carbons (Fsp3) is 0.600. The van der Waals surface area contributed by atoms with Crippen LogP contribution in [-0.2, 0) is 10.4 Å². The van der Waals surface area contributed by atoms with E-state index in [1.807, 2.05) is 55.4 Å². The second-order valence-electron chi connectivity index (χ2n) is 9.43. The van der Waals surface area contributed by atoms with Crippen molar-refractivity contribution in [3.8, 4) is 5.75 Å². The number of aliphatic imine (C=N–C) groups is 2. The van der Waals surface area contributed by atoms with Crippen molar-refractivity contribution in [2.24, 2.45) is 9.98 Å². The minimum absolute atomic E-state index is 0.0542. The number of phenolic OH excluding ortho intramolecular Hbond substituents is 1. The normalized spacial score (nSPS) is 24.8. The largest absolute Gasteiger partial charge is 0.507 e. The fourth-order valence-corrected chi connectivity index (χ4v) is 3.13. The van der Waals surface area contributed by atoms with Gasteiger partial charge in [0.05, 0.1) is 27.7 Å². The molecule has 1 N–H and O–H groups in total. The van der Waals surface area contributed by atoms with Crippen molar-refractivity contribution in [2.45, 2.75) is 77.5 Å². The number of amidine groups is 2. The van der Waals surface area contributed by atoms with Gasteiger partial charge >= 0.3 is 0 Å². The quantitative estimate of drug-likeness (QED) is 0.863. The number of nitrogens with zero attached hydrogens (tertiary/aromatic N) is 4. The fourth-order valence-electron chi connectivity index (χ4n) is 3.13. The van der Waals surface area contributed by atoms with E-state index in [4.69, 9.17) is 0 Å². The van der Waals surface area contributed by atoms with Gasteiger partial charge in [-0.25, -0.2) is 0 Å². The standard InChI is InChI=1S/C20H28N4O3/c1-17(2)19(5,6)23(26)15(21-17)12-9-10-14(25)13(11-12)16-22-18(3,4)20(7,8)24(16)27/h9-11,25H,1-8H3. The highest BCUT2D eigenvalue weighted by molar-refractivity contribution is 6.06. The lowest BCUT2D eigenvalue weighted by atomic mass is 9.84. The first-order chi connectivity index (χ1) is 12.1. The summed E-state index contributed by atoms with van der Waals surface area (Å²) < 4.78 is 0. The van der Waals surface area contributed by atoms with E-state index < -0.39 is 22.2 Å². The van der Waals surface area contributed by atoms with Gasteiger partial charge in [0.15, 0.2) is 11.7 Å². The van der Waals surface area contributed by atoms with Crippen molar-refractivity contribution in [3.63, 3.8) is 0 Å². The number of hydrogen-bond acceptors (Lipinski definition) is 5. The predicted molar refractivity (Wildman–Crippen MR) is 103 cm³/mol. The summed E-state index contributed by atoms with van der Waals surface area (Å²) in [5, 5.41) is 37.9. The van der Waals surface area contributed by atoms with Crippen molar-refractivity contribution >= 4 is 11.7 Å². The van der Waals surface area contributed by atoms with Gasteiger partial charge in [0.1, 0.15) is 5.75 Å². The van der Waals surface area contributed by atoms with Gasteiger partial charge < -0.3 is 5.11 Å². The molecule has 0 amide bonds. The zero-order valence-electron chi connectivity index (χ0n) is 17.3. The van der Waals surface area contributed by atoms with E-state index >= 15 is 0 Å². The minimum atomic E-state index is -0.760. The molecule has 0 atom stereocenters. The van der Waals surface area contributed by atoms with E-state index in [2.05, 4.69) is 9.98 Å². The second-order valence-corrected chi connectivity index (χ2v) is 9.43. The van der Waals surface area contributed by atoms with Crippen molar-refractivity contribution < 1.29 is 15.5 Å². The number of aromatic hydroxyl groups is 1. The smallest absolute Gasteiger partial charge is 0.163 e. The van der Waals surface area contributed by atoms with Crippen molar-refractivity contribution in [3.05, 3.63) is 29.3 Å². The molecular weight excluding hydrogens is 344 g/mol. The highest BCUT2D eigenvalue weighted by Gasteiger charge is 2.52. The van der Waals surface area contributed by atoms with Crippen LogP contribution < -0.4 is 0 Å². The molecule has 27 heavy (non-hydrogen) atoms. The maximum atomic E-state index is 12.9. The van der Waals surface area contributed by atoms with E-state index in [0.29, 0.717) is 17.0 Å². The average molecular weight is 372 g/mol. The van der Waals surface area contributed by atoms with Gasteiger partial charge in [0.25, 0.3) is 0 Å². The molecule has 146 valence electrons. The SMILES string of the molecule is CC1(C)N=C(c2ccc(O)c(C3=NC(C)(C)C(C)(C)N3[O])c2)N([O])C1(C)C. The molecule has 0 aliphatic carbocycles. The molecule has 0 aromatic heterocycles. The van der Waals surface area contributed by atoms with E-state index in [9.17, 15) is 15.5 Å². The van der Waals surface area contributed by atoms with Crippen LogP contribution in [0, 0.1) is 0 Å². The Balaban J connectivity index is 2.11. The van der Waals surface area contributed by atoms with Crippen LogP contribution >= 0.6 is 0 Å². The van der Waals surface area contributed by atoms with E-state index in [1.54, 1.807) is 12.1 Å². The molecule has 2 aliphatic heterocycles. The molecule has 0 saturated heterocycles. The van der Waals surface area contributed by atoms with E-state index in [1.165, 1.54) is 6.07 Å². The van der Waals surface area contributed by atoms with Gasteiger partial charge in [-0.2, -0.15) is 10.1 Å². The molecule has 0 fully saturated rings. The second kappa shape index (κ2) is 5.45. The molecule has 0 spiro atoms. The summed E-state index contributed by atoms with van der Waals surface area (Å²) in [5.41, 5.74) is -1.80. The Morgan fingerprint density at radius 2 is 1.22 bits per heavy atom. The molecule has 1 aromatic rings.